The van der Waals surface area contributed by atoms with E-state index in [1.54, 1.807) is 36.4 Å². The Kier molecular flexibility index (Phi) is 7.15. The van der Waals surface area contributed by atoms with Crippen molar-refractivity contribution >= 4 is 17.9 Å². The average molecular weight is 421 g/mol. The van der Waals surface area contributed by atoms with Crippen LogP contribution in [0.1, 0.15) is 11.1 Å². The lowest BCUT2D eigenvalue weighted by molar-refractivity contribution is -0.384. The van der Waals surface area contributed by atoms with Crippen LogP contribution in [0, 0.1) is 10.1 Å². The summed E-state index contributed by atoms with van der Waals surface area (Å²) in [6.45, 7) is 0.0519. The molecule has 0 aromatic heterocycles. The summed E-state index contributed by atoms with van der Waals surface area (Å²) in [5, 5.41) is 11.7. The molecular formula is C22H19N3O6. The van der Waals surface area contributed by atoms with Crippen LogP contribution < -0.4 is 10.2 Å². The summed E-state index contributed by atoms with van der Waals surface area (Å²) in [5.74, 6) is 0.0908. The Hall–Kier alpha value is -4.40. The number of nitrogens with zero attached hydrogens (tertiary/aromatic N) is 2. The number of non-ortho nitro benzene ring substituents is 1. The standard InChI is InChI=1S/C22H19N3O6/c26-21(30-16-18-9-5-2-6-10-18)23-24(15-17-7-3-1-4-8-17)22(27)31-20-13-11-19(12-14-20)25(28)29/h1-14H,15-16H2,(H,23,26). The van der Waals surface area contributed by atoms with E-state index in [9.17, 15) is 19.7 Å². The number of nitro groups is 1. The Labute approximate surface area is 177 Å². The number of benzene rings is 3. The Bertz CT molecular complexity index is 1030. The fraction of sp³-hybridized carbons (Fsp3) is 0.0909. The maximum atomic E-state index is 12.6. The van der Waals surface area contributed by atoms with Gasteiger partial charge in [0, 0.05) is 12.1 Å². The number of hydrazine groups is 1. The molecule has 0 atom stereocenters. The number of carbonyl (C=O) groups excluding carboxylic acids is 2. The van der Waals surface area contributed by atoms with Crippen LogP contribution in [0.4, 0.5) is 15.3 Å². The zero-order valence-electron chi connectivity index (χ0n) is 16.3. The van der Waals surface area contributed by atoms with E-state index < -0.39 is 17.1 Å². The molecule has 0 aliphatic heterocycles. The number of rotatable bonds is 6. The minimum atomic E-state index is -0.880. The molecule has 0 aliphatic rings. The summed E-state index contributed by atoms with van der Waals surface area (Å²) in [4.78, 5) is 35.1. The number of hydrogen-bond acceptors (Lipinski definition) is 6. The van der Waals surface area contributed by atoms with Crippen molar-refractivity contribution in [2.75, 3.05) is 0 Å². The average Bonchev–Trinajstić information content (AvgIpc) is 2.79. The van der Waals surface area contributed by atoms with Crippen molar-refractivity contribution < 1.29 is 24.0 Å². The second kappa shape index (κ2) is 10.4. The quantitative estimate of drug-likeness (QED) is 0.465. The lowest BCUT2D eigenvalue weighted by Crippen LogP contribution is -2.47. The third-order valence-electron chi connectivity index (χ3n) is 4.10. The van der Waals surface area contributed by atoms with E-state index in [0.717, 1.165) is 16.1 Å². The summed E-state index contributed by atoms with van der Waals surface area (Å²) in [6.07, 6.45) is -1.71. The molecule has 0 spiro atoms. The number of hydrogen-bond donors (Lipinski definition) is 1. The van der Waals surface area contributed by atoms with E-state index in [4.69, 9.17) is 9.47 Å². The van der Waals surface area contributed by atoms with Crippen LogP contribution in [0.2, 0.25) is 0 Å². The molecule has 1 N–H and O–H groups in total. The van der Waals surface area contributed by atoms with Crippen LogP contribution in [0.25, 0.3) is 0 Å². The SMILES string of the molecule is O=C(NN(Cc1ccccc1)C(=O)Oc1ccc([N+](=O)[O-])cc1)OCc1ccccc1. The van der Waals surface area contributed by atoms with Crippen molar-refractivity contribution in [2.24, 2.45) is 0 Å². The van der Waals surface area contributed by atoms with Crippen molar-refractivity contribution in [3.63, 3.8) is 0 Å². The molecule has 158 valence electrons. The lowest BCUT2D eigenvalue weighted by Gasteiger charge is -2.22. The van der Waals surface area contributed by atoms with Crippen LogP contribution in [0.15, 0.2) is 84.9 Å². The Morgan fingerprint density at radius 2 is 1.45 bits per heavy atom. The molecule has 3 rings (SSSR count). The number of amides is 2. The van der Waals surface area contributed by atoms with Crippen molar-refractivity contribution in [1.29, 1.82) is 0 Å². The van der Waals surface area contributed by atoms with Crippen molar-refractivity contribution in [3.8, 4) is 5.75 Å². The van der Waals surface area contributed by atoms with Crippen molar-refractivity contribution in [2.45, 2.75) is 13.2 Å². The molecule has 9 heteroatoms. The molecule has 0 fully saturated rings. The third-order valence-corrected chi connectivity index (χ3v) is 4.10. The molecule has 3 aromatic rings. The molecule has 9 nitrogen and oxygen atoms in total. The van der Waals surface area contributed by atoms with Crippen molar-refractivity contribution in [1.82, 2.24) is 10.4 Å². The van der Waals surface area contributed by atoms with Gasteiger partial charge in [-0.15, -0.1) is 0 Å². The lowest BCUT2D eigenvalue weighted by atomic mass is 10.2. The van der Waals surface area contributed by atoms with E-state index in [0.29, 0.717) is 0 Å². The van der Waals surface area contributed by atoms with E-state index in [-0.39, 0.29) is 24.6 Å². The maximum absolute atomic E-state index is 12.6. The normalized spacial score (nSPS) is 10.1. The highest BCUT2D eigenvalue weighted by atomic mass is 16.6. The Balaban J connectivity index is 1.66. The molecule has 31 heavy (non-hydrogen) atoms. The highest BCUT2D eigenvalue weighted by molar-refractivity contribution is 5.75. The second-order valence-corrected chi connectivity index (χ2v) is 6.36. The first-order chi connectivity index (χ1) is 15.0. The number of ether oxygens (including phenoxy) is 2. The van der Waals surface area contributed by atoms with Crippen LogP contribution >= 0.6 is 0 Å². The number of nitrogens with one attached hydrogen (secondary N) is 1. The predicted molar refractivity (Wildman–Crippen MR) is 111 cm³/mol. The monoisotopic (exact) mass is 421 g/mol. The molecule has 3 aromatic carbocycles. The maximum Gasteiger partial charge on any atom is 0.434 e. The summed E-state index contributed by atoms with van der Waals surface area (Å²) in [7, 11) is 0. The number of nitro benzene ring substituents is 1. The van der Waals surface area contributed by atoms with Gasteiger partial charge in [0.25, 0.3) is 5.69 Å². The van der Waals surface area contributed by atoms with Gasteiger partial charge in [-0.25, -0.2) is 20.0 Å². The van der Waals surface area contributed by atoms with Gasteiger partial charge in [-0.05, 0) is 23.3 Å². The molecule has 0 saturated heterocycles. The third kappa shape index (κ3) is 6.57. The van der Waals surface area contributed by atoms with Crippen LogP contribution in [0.3, 0.4) is 0 Å². The minimum Gasteiger partial charge on any atom is -0.443 e. The zero-order valence-corrected chi connectivity index (χ0v) is 16.3. The first-order valence-corrected chi connectivity index (χ1v) is 9.26. The zero-order chi connectivity index (χ0) is 22.1. The van der Waals surface area contributed by atoms with Crippen LogP contribution in [-0.4, -0.2) is 22.1 Å². The molecule has 0 unspecified atom stereocenters. The van der Waals surface area contributed by atoms with Gasteiger partial charge < -0.3 is 9.47 Å². The van der Waals surface area contributed by atoms with Gasteiger partial charge in [-0.1, -0.05) is 60.7 Å². The topological polar surface area (TPSA) is 111 Å². The molecular weight excluding hydrogens is 402 g/mol. The van der Waals surface area contributed by atoms with Crippen molar-refractivity contribution in [3.05, 3.63) is 106 Å². The first-order valence-electron chi connectivity index (χ1n) is 9.26. The van der Waals surface area contributed by atoms with E-state index in [2.05, 4.69) is 5.43 Å². The largest absolute Gasteiger partial charge is 0.443 e. The molecule has 0 bridgehead atoms. The summed E-state index contributed by atoms with van der Waals surface area (Å²) < 4.78 is 10.4. The van der Waals surface area contributed by atoms with Gasteiger partial charge in [0.1, 0.15) is 12.4 Å². The molecule has 2 amide bonds. The molecule has 0 radical (unpaired) electrons. The number of carbonyl (C=O) groups is 2. The fourth-order valence-electron chi connectivity index (χ4n) is 2.57. The summed E-state index contributed by atoms with van der Waals surface area (Å²) in [6, 6.07) is 23.1. The van der Waals surface area contributed by atoms with Crippen LogP contribution in [0.5, 0.6) is 5.75 Å². The highest BCUT2D eigenvalue weighted by Gasteiger charge is 2.20. The molecule has 0 heterocycles. The van der Waals surface area contributed by atoms with Gasteiger partial charge in [0.05, 0.1) is 11.5 Å². The van der Waals surface area contributed by atoms with Gasteiger partial charge >= 0.3 is 12.2 Å². The Morgan fingerprint density at radius 3 is 2.03 bits per heavy atom. The van der Waals surface area contributed by atoms with Crippen LogP contribution in [-0.2, 0) is 17.9 Å². The van der Waals surface area contributed by atoms with Gasteiger partial charge in [-0.3, -0.25) is 10.1 Å². The molecule has 0 aliphatic carbocycles. The van der Waals surface area contributed by atoms with Gasteiger partial charge in [0.2, 0.25) is 0 Å². The first kappa shape index (κ1) is 21.3. The van der Waals surface area contributed by atoms with E-state index >= 15 is 0 Å². The van der Waals surface area contributed by atoms with Gasteiger partial charge in [0.15, 0.2) is 0 Å². The summed E-state index contributed by atoms with van der Waals surface area (Å²) in [5.41, 5.74) is 3.77. The smallest absolute Gasteiger partial charge is 0.434 e. The predicted octanol–water partition coefficient (Wildman–Crippen LogP) is 4.44. The minimum absolute atomic E-state index is 0.0209. The highest BCUT2D eigenvalue weighted by Crippen LogP contribution is 2.18. The van der Waals surface area contributed by atoms with E-state index in [1.165, 1.54) is 24.3 Å². The second-order valence-electron chi connectivity index (χ2n) is 6.36. The fourth-order valence-corrected chi connectivity index (χ4v) is 2.57. The van der Waals surface area contributed by atoms with E-state index in [1.807, 2.05) is 24.3 Å². The Morgan fingerprint density at radius 1 is 0.871 bits per heavy atom. The summed E-state index contributed by atoms with van der Waals surface area (Å²) >= 11 is 0. The van der Waals surface area contributed by atoms with Gasteiger partial charge in [-0.2, -0.15) is 0 Å². The molecule has 0 saturated carbocycles.